The Hall–Kier alpha value is -2.44. The zero-order valence-corrected chi connectivity index (χ0v) is 8.92. The van der Waals surface area contributed by atoms with Crippen LogP contribution in [-0.4, -0.2) is 24.6 Å². The van der Waals surface area contributed by atoms with E-state index in [1.54, 1.807) is 18.2 Å². The number of ether oxygens (including phenoxy) is 2. The molecule has 7 nitrogen and oxygen atoms in total. The van der Waals surface area contributed by atoms with Crippen LogP contribution in [0.25, 0.3) is 0 Å². The fourth-order valence-electron chi connectivity index (χ4n) is 1.34. The molecule has 1 aromatic rings. The molecule has 7 heteroatoms. The van der Waals surface area contributed by atoms with Gasteiger partial charge >= 0.3 is 0 Å². The smallest absolute Gasteiger partial charge is 0.284 e. The Balaban J connectivity index is 2.02. The van der Waals surface area contributed by atoms with E-state index in [0.717, 1.165) is 0 Å². The van der Waals surface area contributed by atoms with Crippen molar-refractivity contribution in [3.05, 3.63) is 24.3 Å². The molecule has 0 radical (unpaired) electrons. The minimum atomic E-state index is -0.770. The minimum absolute atomic E-state index is 0.114. The second-order valence-electron chi connectivity index (χ2n) is 3.38. The number of nitrogens with one attached hydrogen (secondary N) is 1. The van der Waals surface area contributed by atoms with Crippen LogP contribution in [0.4, 0.5) is 0 Å². The number of fused-ring (bicyclic) bond motifs is 1. The third kappa shape index (κ3) is 2.57. The third-order valence-electron chi connectivity index (χ3n) is 2.10. The molecular formula is C10H12N4O3. The Morgan fingerprint density at radius 1 is 1.35 bits per heavy atom. The standard InChI is InChI=1S/C10H12N4O3/c11-10(12)14-13-9(15)8-5-16-6-3-1-2-4-7(6)17-8/h1-4,8H,5H2,(H,13,15)(H4,11,12,14)/t8-/m1/s1. The number of nitrogens with two attached hydrogens (primary N) is 2. The number of benzene rings is 1. The number of rotatable bonds is 2. The van der Waals surface area contributed by atoms with Crippen LogP contribution in [0.15, 0.2) is 29.4 Å². The second kappa shape index (κ2) is 4.60. The molecule has 2 rings (SSSR count). The monoisotopic (exact) mass is 236 g/mol. The Morgan fingerprint density at radius 2 is 2.06 bits per heavy atom. The molecule has 0 bridgehead atoms. The maximum absolute atomic E-state index is 11.6. The van der Waals surface area contributed by atoms with Gasteiger partial charge in [-0.25, -0.2) is 5.43 Å². The lowest BCUT2D eigenvalue weighted by molar-refractivity contribution is -0.130. The summed E-state index contributed by atoms with van der Waals surface area (Å²) in [4.78, 5) is 11.6. The molecule has 1 amide bonds. The van der Waals surface area contributed by atoms with E-state index in [1.807, 2.05) is 6.07 Å². The number of hydrogen-bond donors (Lipinski definition) is 3. The van der Waals surface area contributed by atoms with Gasteiger partial charge in [0.1, 0.15) is 6.61 Å². The lowest BCUT2D eigenvalue weighted by Gasteiger charge is -2.24. The van der Waals surface area contributed by atoms with Crippen molar-refractivity contribution in [3.63, 3.8) is 0 Å². The lowest BCUT2D eigenvalue weighted by atomic mass is 10.2. The maximum Gasteiger partial charge on any atom is 0.284 e. The van der Waals surface area contributed by atoms with Crippen LogP contribution in [0.2, 0.25) is 0 Å². The lowest BCUT2D eigenvalue weighted by Crippen LogP contribution is -2.43. The average Bonchev–Trinajstić information content (AvgIpc) is 2.35. The van der Waals surface area contributed by atoms with Gasteiger partial charge in [0.15, 0.2) is 11.5 Å². The number of guanidine groups is 1. The van der Waals surface area contributed by atoms with Crippen LogP contribution in [0.1, 0.15) is 0 Å². The van der Waals surface area contributed by atoms with Gasteiger partial charge in [0, 0.05) is 0 Å². The topological polar surface area (TPSA) is 112 Å². The first-order valence-corrected chi connectivity index (χ1v) is 4.94. The summed E-state index contributed by atoms with van der Waals surface area (Å²) >= 11 is 0. The molecule has 1 aliphatic rings. The highest BCUT2D eigenvalue weighted by Gasteiger charge is 2.27. The number of hydrazone groups is 1. The van der Waals surface area contributed by atoms with Crippen LogP contribution in [0, 0.1) is 0 Å². The van der Waals surface area contributed by atoms with Crippen molar-refractivity contribution in [2.24, 2.45) is 16.6 Å². The van der Waals surface area contributed by atoms with Gasteiger partial charge in [-0.05, 0) is 12.1 Å². The van der Waals surface area contributed by atoms with E-state index < -0.39 is 12.0 Å². The van der Waals surface area contributed by atoms with E-state index in [2.05, 4.69) is 10.5 Å². The largest absolute Gasteiger partial charge is 0.485 e. The zero-order chi connectivity index (χ0) is 12.3. The van der Waals surface area contributed by atoms with E-state index in [0.29, 0.717) is 11.5 Å². The summed E-state index contributed by atoms with van der Waals surface area (Å²) in [5, 5.41) is 3.39. The van der Waals surface area contributed by atoms with Gasteiger partial charge in [0.25, 0.3) is 5.91 Å². The van der Waals surface area contributed by atoms with Crippen LogP contribution >= 0.6 is 0 Å². The molecule has 1 aromatic carbocycles. The van der Waals surface area contributed by atoms with Crippen molar-refractivity contribution in [3.8, 4) is 11.5 Å². The summed E-state index contributed by atoms with van der Waals surface area (Å²) in [6.07, 6.45) is -0.770. The average molecular weight is 236 g/mol. The number of hydrogen-bond acceptors (Lipinski definition) is 4. The summed E-state index contributed by atoms with van der Waals surface area (Å²) in [6, 6.07) is 7.09. The zero-order valence-electron chi connectivity index (χ0n) is 8.92. The van der Waals surface area contributed by atoms with E-state index in [9.17, 15) is 4.79 Å². The fraction of sp³-hybridized carbons (Fsp3) is 0.200. The molecule has 17 heavy (non-hydrogen) atoms. The Morgan fingerprint density at radius 3 is 2.76 bits per heavy atom. The van der Waals surface area contributed by atoms with Gasteiger partial charge in [-0.2, -0.15) is 0 Å². The van der Waals surface area contributed by atoms with Crippen molar-refractivity contribution in [2.45, 2.75) is 6.10 Å². The molecule has 0 aliphatic carbocycles. The highest BCUT2D eigenvalue weighted by molar-refractivity contribution is 5.84. The molecule has 1 heterocycles. The van der Waals surface area contributed by atoms with Gasteiger partial charge in [0.05, 0.1) is 0 Å². The molecule has 0 fully saturated rings. The quantitative estimate of drug-likeness (QED) is 0.351. The minimum Gasteiger partial charge on any atom is -0.485 e. The predicted molar refractivity (Wildman–Crippen MR) is 60.3 cm³/mol. The van der Waals surface area contributed by atoms with Crippen molar-refractivity contribution in [2.75, 3.05) is 6.61 Å². The number of carbonyl (C=O) groups is 1. The van der Waals surface area contributed by atoms with Crippen molar-refractivity contribution >= 4 is 11.9 Å². The number of carbonyl (C=O) groups excluding carboxylic acids is 1. The molecule has 0 aromatic heterocycles. The Kier molecular flexibility index (Phi) is 2.99. The molecule has 0 saturated heterocycles. The summed E-state index contributed by atoms with van der Waals surface area (Å²) in [5.74, 6) is 0.436. The maximum atomic E-state index is 11.6. The molecule has 90 valence electrons. The normalized spacial score (nSPS) is 17.1. The van der Waals surface area contributed by atoms with Gasteiger partial charge in [-0.15, -0.1) is 5.10 Å². The highest BCUT2D eigenvalue weighted by Crippen LogP contribution is 2.30. The molecule has 0 saturated carbocycles. The van der Waals surface area contributed by atoms with Crippen molar-refractivity contribution in [1.82, 2.24) is 5.43 Å². The van der Waals surface area contributed by atoms with Crippen molar-refractivity contribution in [1.29, 1.82) is 0 Å². The summed E-state index contributed by atoms with van der Waals surface area (Å²) in [5.41, 5.74) is 12.4. The van der Waals surface area contributed by atoms with E-state index in [1.165, 1.54) is 0 Å². The molecule has 1 atom stereocenters. The van der Waals surface area contributed by atoms with E-state index >= 15 is 0 Å². The molecule has 0 spiro atoms. The number of para-hydroxylation sites is 2. The SMILES string of the molecule is NC(N)=NNC(=O)[C@H]1COc2ccccc2O1. The van der Waals surface area contributed by atoms with Crippen molar-refractivity contribution < 1.29 is 14.3 Å². The number of amides is 1. The molecule has 0 unspecified atom stereocenters. The number of nitrogens with zero attached hydrogens (tertiary/aromatic N) is 1. The van der Waals surface area contributed by atoms with Gasteiger partial charge in [-0.1, -0.05) is 12.1 Å². The second-order valence-corrected chi connectivity index (χ2v) is 3.38. The molecule has 5 N–H and O–H groups in total. The van der Waals surface area contributed by atoms with Crippen LogP contribution in [0.5, 0.6) is 11.5 Å². The fourth-order valence-corrected chi connectivity index (χ4v) is 1.34. The summed E-state index contributed by atoms with van der Waals surface area (Å²) in [7, 11) is 0. The summed E-state index contributed by atoms with van der Waals surface area (Å²) < 4.78 is 10.8. The first-order valence-electron chi connectivity index (χ1n) is 4.94. The third-order valence-corrected chi connectivity index (χ3v) is 2.10. The van der Waals surface area contributed by atoms with Gasteiger partial charge in [-0.3, -0.25) is 4.79 Å². The summed E-state index contributed by atoms with van der Waals surface area (Å²) in [6.45, 7) is 0.114. The molecule has 1 aliphatic heterocycles. The van der Waals surface area contributed by atoms with Gasteiger partial charge in [0.2, 0.25) is 12.1 Å². The predicted octanol–water partition coefficient (Wildman–Crippen LogP) is -0.869. The first kappa shape index (κ1) is 11.1. The highest BCUT2D eigenvalue weighted by atomic mass is 16.6. The van der Waals surface area contributed by atoms with Crippen LogP contribution in [-0.2, 0) is 4.79 Å². The van der Waals surface area contributed by atoms with Gasteiger partial charge < -0.3 is 20.9 Å². The molecular weight excluding hydrogens is 224 g/mol. The Labute approximate surface area is 97.4 Å². The van der Waals surface area contributed by atoms with E-state index in [-0.39, 0.29) is 12.6 Å². The van der Waals surface area contributed by atoms with E-state index in [4.69, 9.17) is 20.9 Å². The Bertz CT molecular complexity index is 457. The van der Waals surface area contributed by atoms with Crippen LogP contribution in [0.3, 0.4) is 0 Å². The van der Waals surface area contributed by atoms with Crippen LogP contribution < -0.4 is 26.4 Å². The first-order chi connectivity index (χ1) is 8.16.